The summed E-state index contributed by atoms with van der Waals surface area (Å²) in [4.78, 5) is 26.4. The number of nitrogens with zero attached hydrogens (tertiary/aromatic N) is 1. The van der Waals surface area contributed by atoms with Crippen molar-refractivity contribution >= 4 is 34.8 Å². The normalized spacial score (nSPS) is 12.9. The van der Waals surface area contributed by atoms with Gasteiger partial charge in [0.1, 0.15) is 0 Å². The van der Waals surface area contributed by atoms with Gasteiger partial charge in [-0.2, -0.15) is 0 Å². The quantitative estimate of drug-likeness (QED) is 0.700. The number of anilines is 2. The van der Waals surface area contributed by atoms with Crippen LogP contribution in [0.3, 0.4) is 0 Å². The van der Waals surface area contributed by atoms with Crippen LogP contribution < -0.4 is 20.1 Å². The Kier molecular flexibility index (Phi) is 7.54. The van der Waals surface area contributed by atoms with Crippen molar-refractivity contribution in [3.63, 3.8) is 0 Å². The standard InChI is InChI=1S/C22H26ClN3O4/c1-3-15-7-4-5-8-17(15)24-21(27)13-26(2)14-22(28)25-18-12-20-19(11-16(18)23)29-9-6-10-30-20/h4-5,7-8,11-12H,3,6,9-10,13-14H2,1-2H3,(H,24,27)(H,25,28). The molecule has 2 N–H and O–H groups in total. The van der Waals surface area contributed by atoms with Crippen molar-refractivity contribution in [1.82, 2.24) is 4.90 Å². The molecule has 2 aromatic rings. The van der Waals surface area contributed by atoms with Crippen molar-refractivity contribution < 1.29 is 19.1 Å². The Morgan fingerprint density at radius 3 is 2.27 bits per heavy atom. The lowest BCUT2D eigenvalue weighted by Gasteiger charge is -2.18. The number of hydrogen-bond acceptors (Lipinski definition) is 5. The number of hydrogen-bond donors (Lipinski definition) is 2. The monoisotopic (exact) mass is 431 g/mol. The van der Waals surface area contributed by atoms with E-state index in [2.05, 4.69) is 10.6 Å². The molecule has 0 aliphatic carbocycles. The Morgan fingerprint density at radius 2 is 1.60 bits per heavy atom. The Labute approximate surface area is 181 Å². The molecule has 0 aromatic heterocycles. The van der Waals surface area contributed by atoms with Crippen molar-refractivity contribution in [1.29, 1.82) is 0 Å². The van der Waals surface area contributed by atoms with Crippen LogP contribution in [-0.4, -0.2) is 50.1 Å². The maximum Gasteiger partial charge on any atom is 0.238 e. The van der Waals surface area contributed by atoms with Crippen molar-refractivity contribution in [3.8, 4) is 11.5 Å². The van der Waals surface area contributed by atoms with E-state index >= 15 is 0 Å². The third-order valence-electron chi connectivity index (χ3n) is 4.61. The molecule has 0 unspecified atom stereocenters. The number of fused-ring (bicyclic) bond motifs is 1. The maximum absolute atomic E-state index is 12.4. The molecule has 0 saturated heterocycles. The molecule has 0 radical (unpaired) electrons. The van der Waals surface area contributed by atoms with Gasteiger partial charge in [0.2, 0.25) is 11.8 Å². The Bertz CT molecular complexity index is 919. The molecule has 0 saturated carbocycles. The van der Waals surface area contributed by atoms with Crippen molar-refractivity contribution in [3.05, 3.63) is 47.0 Å². The highest BCUT2D eigenvalue weighted by molar-refractivity contribution is 6.34. The van der Waals surface area contributed by atoms with Gasteiger partial charge in [0, 0.05) is 24.2 Å². The zero-order valence-electron chi connectivity index (χ0n) is 17.2. The largest absolute Gasteiger partial charge is 0.490 e. The number of carbonyl (C=O) groups excluding carboxylic acids is 2. The van der Waals surface area contributed by atoms with E-state index in [1.54, 1.807) is 24.1 Å². The minimum Gasteiger partial charge on any atom is -0.490 e. The molecule has 1 aliphatic heterocycles. The number of rotatable bonds is 7. The summed E-state index contributed by atoms with van der Waals surface area (Å²) < 4.78 is 11.2. The Balaban J connectivity index is 1.54. The zero-order valence-corrected chi connectivity index (χ0v) is 17.9. The van der Waals surface area contributed by atoms with E-state index in [4.69, 9.17) is 21.1 Å². The third kappa shape index (κ3) is 5.87. The predicted octanol–water partition coefficient (Wildman–Crippen LogP) is 3.57. The average Bonchev–Trinajstić information content (AvgIpc) is 2.93. The topological polar surface area (TPSA) is 79.9 Å². The summed E-state index contributed by atoms with van der Waals surface area (Å²) in [6, 6.07) is 11.0. The minimum absolute atomic E-state index is 0.0353. The highest BCUT2D eigenvalue weighted by atomic mass is 35.5. The predicted molar refractivity (Wildman–Crippen MR) is 118 cm³/mol. The molecular weight excluding hydrogens is 406 g/mol. The summed E-state index contributed by atoms with van der Waals surface area (Å²) in [6.07, 6.45) is 1.61. The summed E-state index contributed by atoms with van der Waals surface area (Å²) in [5.41, 5.74) is 2.30. The van der Waals surface area contributed by atoms with Gasteiger partial charge in [-0.1, -0.05) is 36.7 Å². The molecule has 7 nitrogen and oxygen atoms in total. The fourth-order valence-electron chi connectivity index (χ4n) is 3.16. The Hall–Kier alpha value is -2.77. The summed E-state index contributed by atoms with van der Waals surface area (Å²) in [5, 5.41) is 6.04. The van der Waals surface area contributed by atoms with E-state index in [0.717, 1.165) is 24.1 Å². The number of amides is 2. The van der Waals surface area contributed by atoms with E-state index < -0.39 is 0 Å². The van der Waals surface area contributed by atoms with Crippen molar-refractivity contribution in [2.75, 3.05) is 44.0 Å². The molecule has 0 bridgehead atoms. The van der Waals surface area contributed by atoms with Gasteiger partial charge in [0.25, 0.3) is 0 Å². The smallest absolute Gasteiger partial charge is 0.238 e. The fraction of sp³-hybridized carbons (Fsp3) is 0.364. The van der Waals surface area contributed by atoms with Crippen LogP contribution in [0.4, 0.5) is 11.4 Å². The zero-order chi connectivity index (χ0) is 21.5. The lowest BCUT2D eigenvalue weighted by atomic mass is 10.1. The van der Waals surface area contributed by atoms with Gasteiger partial charge in [-0.25, -0.2) is 0 Å². The van der Waals surface area contributed by atoms with E-state index in [0.29, 0.717) is 35.4 Å². The van der Waals surface area contributed by atoms with E-state index in [1.807, 2.05) is 31.2 Å². The summed E-state index contributed by atoms with van der Waals surface area (Å²) in [7, 11) is 1.71. The van der Waals surface area contributed by atoms with Gasteiger partial charge in [-0.3, -0.25) is 14.5 Å². The minimum atomic E-state index is -0.282. The molecule has 2 aromatic carbocycles. The second-order valence-electron chi connectivity index (χ2n) is 7.11. The second kappa shape index (κ2) is 10.3. The van der Waals surface area contributed by atoms with Crippen LogP contribution >= 0.6 is 11.6 Å². The van der Waals surface area contributed by atoms with Gasteiger partial charge in [0.15, 0.2) is 11.5 Å². The number of halogens is 1. The van der Waals surface area contributed by atoms with Gasteiger partial charge in [-0.15, -0.1) is 0 Å². The van der Waals surface area contributed by atoms with E-state index in [9.17, 15) is 9.59 Å². The molecule has 160 valence electrons. The lowest BCUT2D eigenvalue weighted by Crippen LogP contribution is -2.36. The molecule has 30 heavy (non-hydrogen) atoms. The highest BCUT2D eigenvalue weighted by Crippen LogP contribution is 2.37. The second-order valence-corrected chi connectivity index (χ2v) is 7.52. The SMILES string of the molecule is CCc1ccccc1NC(=O)CN(C)CC(=O)Nc1cc2c(cc1Cl)OCCCO2. The van der Waals surface area contributed by atoms with Crippen molar-refractivity contribution in [2.45, 2.75) is 19.8 Å². The van der Waals surface area contributed by atoms with Crippen LogP contribution in [-0.2, 0) is 16.0 Å². The van der Waals surface area contributed by atoms with Gasteiger partial charge in [0.05, 0.1) is 37.0 Å². The molecule has 0 atom stereocenters. The first kappa shape index (κ1) is 21.9. The van der Waals surface area contributed by atoms with Crippen LogP contribution in [0.5, 0.6) is 11.5 Å². The van der Waals surface area contributed by atoms with Gasteiger partial charge >= 0.3 is 0 Å². The van der Waals surface area contributed by atoms with Crippen molar-refractivity contribution in [2.24, 2.45) is 0 Å². The summed E-state index contributed by atoms with van der Waals surface area (Å²) >= 11 is 6.27. The van der Waals surface area contributed by atoms with Gasteiger partial charge in [-0.05, 0) is 25.1 Å². The maximum atomic E-state index is 12.4. The van der Waals surface area contributed by atoms with Crippen LogP contribution in [0, 0.1) is 0 Å². The lowest BCUT2D eigenvalue weighted by molar-refractivity contribution is -0.119. The number of para-hydroxylation sites is 1. The molecule has 1 heterocycles. The molecule has 0 spiro atoms. The van der Waals surface area contributed by atoms with Crippen LogP contribution in [0.1, 0.15) is 18.9 Å². The molecule has 3 rings (SSSR count). The van der Waals surface area contributed by atoms with Crippen LogP contribution in [0.25, 0.3) is 0 Å². The number of ether oxygens (including phenoxy) is 2. The number of benzene rings is 2. The number of likely N-dealkylation sites (N-methyl/N-ethyl adjacent to an activating group) is 1. The Morgan fingerprint density at radius 1 is 1.00 bits per heavy atom. The van der Waals surface area contributed by atoms with E-state index in [-0.39, 0.29) is 24.9 Å². The first-order valence-electron chi connectivity index (χ1n) is 9.91. The molecule has 2 amide bonds. The number of carbonyl (C=O) groups is 2. The average molecular weight is 432 g/mol. The molecular formula is C22H26ClN3O4. The number of aryl methyl sites for hydroxylation is 1. The molecule has 8 heteroatoms. The molecule has 0 fully saturated rings. The fourth-order valence-corrected chi connectivity index (χ4v) is 3.36. The molecule has 1 aliphatic rings. The summed E-state index contributed by atoms with van der Waals surface area (Å²) in [6.45, 7) is 3.26. The van der Waals surface area contributed by atoms with Gasteiger partial charge < -0.3 is 20.1 Å². The summed E-state index contributed by atoms with van der Waals surface area (Å²) in [5.74, 6) is 0.654. The van der Waals surface area contributed by atoms with Crippen LogP contribution in [0.2, 0.25) is 5.02 Å². The third-order valence-corrected chi connectivity index (χ3v) is 4.92. The van der Waals surface area contributed by atoms with Crippen LogP contribution in [0.15, 0.2) is 36.4 Å². The van der Waals surface area contributed by atoms with E-state index in [1.165, 1.54) is 0 Å². The highest BCUT2D eigenvalue weighted by Gasteiger charge is 2.17. The number of nitrogens with one attached hydrogen (secondary N) is 2. The first-order valence-corrected chi connectivity index (χ1v) is 10.3. The first-order chi connectivity index (χ1) is 14.5.